The average molecular weight is 479 g/mol. The third-order valence-electron chi connectivity index (χ3n) is 3.72. The zero-order chi connectivity index (χ0) is 18.8. The molecule has 1 rings (SSSR count). The van der Waals surface area contributed by atoms with E-state index in [-0.39, 0.29) is 35.9 Å². The van der Waals surface area contributed by atoms with E-state index in [1.54, 1.807) is 21.1 Å². The number of halogens is 1. The summed E-state index contributed by atoms with van der Waals surface area (Å²) < 4.78 is 15.4. The van der Waals surface area contributed by atoms with E-state index in [4.69, 9.17) is 14.2 Å². The molecule has 148 valence electrons. The largest absolute Gasteiger partial charge is 0.497 e. The Hall–Kier alpha value is -1.71. The van der Waals surface area contributed by atoms with Crippen molar-refractivity contribution in [3.8, 4) is 11.5 Å². The minimum absolute atomic E-state index is 0. The van der Waals surface area contributed by atoms with Crippen LogP contribution in [0.2, 0.25) is 0 Å². The zero-order valence-electron chi connectivity index (χ0n) is 16.4. The van der Waals surface area contributed by atoms with Gasteiger partial charge >= 0.3 is 5.97 Å². The van der Waals surface area contributed by atoms with Crippen LogP contribution in [0.3, 0.4) is 0 Å². The first kappa shape index (κ1) is 24.3. The molecule has 1 aromatic rings. The summed E-state index contributed by atoms with van der Waals surface area (Å²) in [5, 5.41) is 3.23. The first-order valence-electron chi connectivity index (χ1n) is 8.24. The summed E-state index contributed by atoms with van der Waals surface area (Å²) in [7, 11) is 6.58. The molecule has 1 atom stereocenters. The molecule has 0 aliphatic carbocycles. The monoisotopic (exact) mass is 479 g/mol. The summed E-state index contributed by atoms with van der Waals surface area (Å²) in [4.78, 5) is 18.0. The SMILES string of the molecule is CCNC(=NCC(C)C(=O)OC)N(C)Cc1ccc(OC)cc1OC.I. The van der Waals surface area contributed by atoms with Crippen LogP contribution < -0.4 is 14.8 Å². The third-order valence-corrected chi connectivity index (χ3v) is 3.72. The van der Waals surface area contributed by atoms with Gasteiger partial charge in [-0.15, -0.1) is 24.0 Å². The highest BCUT2D eigenvalue weighted by atomic mass is 127. The van der Waals surface area contributed by atoms with Gasteiger partial charge in [0.2, 0.25) is 0 Å². The van der Waals surface area contributed by atoms with Crippen molar-refractivity contribution in [3.63, 3.8) is 0 Å². The van der Waals surface area contributed by atoms with Gasteiger partial charge in [0.1, 0.15) is 11.5 Å². The van der Waals surface area contributed by atoms with E-state index in [2.05, 4.69) is 10.3 Å². The second kappa shape index (κ2) is 12.6. The number of guanidine groups is 1. The summed E-state index contributed by atoms with van der Waals surface area (Å²) in [6.45, 7) is 5.49. The molecule has 0 aliphatic rings. The highest BCUT2D eigenvalue weighted by molar-refractivity contribution is 14.0. The molecule has 0 spiro atoms. The lowest BCUT2D eigenvalue weighted by atomic mass is 10.2. The molecule has 0 amide bonds. The smallest absolute Gasteiger partial charge is 0.310 e. The number of methoxy groups -OCH3 is 3. The normalized spacial score (nSPS) is 11.8. The second-order valence-electron chi connectivity index (χ2n) is 5.65. The lowest BCUT2D eigenvalue weighted by Gasteiger charge is -2.23. The Morgan fingerprint density at radius 3 is 2.50 bits per heavy atom. The highest BCUT2D eigenvalue weighted by Crippen LogP contribution is 2.25. The number of esters is 1. The summed E-state index contributed by atoms with van der Waals surface area (Å²) in [6.07, 6.45) is 0. The van der Waals surface area contributed by atoms with Gasteiger partial charge in [0, 0.05) is 31.8 Å². The van der Waals surface area contributed by atoms with Gasteiger partial charge in [0.05, 0.1) is 33.8 Å². The van der Waals surface area contributed by atoms with Crippen LogP contribution in [-0.2, 0) is 16.1 Å². The fourth-order valence-electron chi connectivity index (χ4n) is 2.28. The number of rotatable bonds is 8. The van der Waals surface area contributed by atoms with Crippen molar-refractivity contribution >= 4 is 35.9 Å². The van der Waals surface area contributed by atoms with Gasteiger partial charge in [-0.2, -0.15) is 0 Å². The maximum atomic E-state index is 11.5. The quantitative estimate of drug-likeness (QED) is 0.268. The van der Waals surface area contributed by atoms with E-state index in [1.165, 1.54) is 7.11 Å². The van der Waals surface area contributed by atoms with Crippen molar-refractivity contribution < 1.29 is 19.0 Å². The van der Waals surface area contributed by atoms with Gasteiger partial charge in [-0.25, -0.2) is 0 Å². The molecule has 0 radical (unpaired) electrons. The fraction of sp³-hybridized carbons (Fsp3) is 0.556. The molecule has 8 heteroatoms. The van der Waals surface area contributed by atoms with E-state index >= 15 is 0 Å². The molecule has 1 N–H and O–H groups in total. The van der Waals surface area contributed by atoms with Gasteiger partial charge in [0.15, 0.2) is 5.96 Å². The van der Waals surface area contributed by atoms with Crippen LogP contribution in [-0.4, -0.2) is 58.3 Å². The van der Waals surface area contributed by atoms with Crippen LogP contribution in [0.15, 0.2) is 23.2 Å². The fourth-order valence-corrected chi connectivity index (χ4v) is 2.28. The van der Waals surface area contributed by atoms with Gasteiger partial charge in [-0.1, -0.05) is 6.92 Å². The molecule has 7 nitrogen and oxygen atoms in total. The summed E-state index contributed by atoms with van der Waals surface area (Å²) >= 11 is 0. The molecule has 1 aromatic carbocycles. The van der Waals surface area contributed by atoms with E-state index in [1.807, 2.05) is 37.1 Å². The molecule has 0 aromatic heterocycles. The first-order valence-corrected chi connectivity index (χ1v) is 8.24. The number of ether oxygens (including phenoxy) is 3. The van der Waals surface area contributed by atoms with Crippen molar-refractivity contribution in [2.24, 2.45) is 10.9 Å². The topological polar surface area (TPSA) is 72.4 Å². The Kier molecular flexibility index (Phi) is 11.8. The number of carbonyl (C=O) groups is 1. The van der Waals surface area contributed by atoms with E-state index < -0.39 is 0 Å². The number of nitrogens with zero attached hydrogens (tertiary/aromatic N) is 2. The van der Waals surface area contributed by atoms with Crippen molar-refractivity contribution in [1.82, 2.24) is 10.2 Å². The van der Waals surface area contributed by atoms with Gasteiger partial charge in [-0.05, 0) is 19.1 Å². The zero-order valence-corrected chi connectivity index (χ0v) is 18.7. The minimum Gasteiger partial charge on any atom is -0.497 e. The standard InChI is InChI=1S/C18H29N3O4.HI/c1-7-19-18(20-11-13(2)17(22)25-6)21(3)12-14-8-9-15(23-4)10-16(14)24-5;/h8-10,13H,7,11-12H2,1-6H3,(H,19,20);1H. The molecule has 1 unspecified atom stereocenters. The molecule has 0 fully saturated rings. The second-order valence-corrected chi connectivity index (χ2v) is 5.65. The van der Waals surface area contributed by atoms with Crippen LogP contribution in [0.5, 0.6) is 11.5 Å². The average Bonchev–Trinajstić information content (AvgIpc) is 2.64. The third kappa shape index (κ3) is 7.27. The molecule has 0 heterocycles. The predicted molar refractivity (Wildman–Crippen MR) is 114 cm³/mol. The van der Waals surface area contributed by atoms with Gasteiger partial charge < -0.3 is 24.4 Å². The Bertz CT molecular complexity index is 596. The van der Waals surface area contributed by atoms with Crippen molar-refractivity contribution in [1.29, 1.82) is 0 Å². The predicted octanol–water partition coefficient (Wildman–Crippen LogP) is 2.53. The maximum absolute atomic E-state index is 11.5. The summed E-state index contributed by atoms with van der Waals surface area (Å²) in [5.74, 6) is 1.67. The highest BCUT2D eigenvalue weighted by Gasteiger charge is 2.15. The number of carbonyl (C=O) groups excluding carboxylic acids is 1. The number of benzene rings is 1. The molecular weight excluding hydrogens is 449 g/mol. The van der Waals surface area contributed by atoms with Gasteiger partial charge in [-0.3, -0.25) is 9.79 Å². The Balaban J connectivity index is 0.00000625. The van der Waals surface area contributed by atoms with Crippen molar-refractivity contribution in [2.75, 3.05) is 41.5 Å². The van der Waals surface area contributed by atoms with Crippen LogP contribution >= 0.6 is 24.0 Å². The number of aliphatic imine (C=N–C) groups is 1. The van der Waals surface area contributed by atoms with Crippen molar-refractivity contribution in [2.45, 2.75) is 20.4 Å². The van der Waals surface area contributed by atoms with Crippen LogP contribution in [0.1, 0.15) is 19.4 Å². The lowest BCUT2D eigenvalue weighted by Crippen LogP contribution is -2.39. The first-order chi connectivity index (χ1) is 12.0. The molecule has 0 aliphatic heterocycles. The minimum atomic E-state index is -0.289. The van der Waals surface area contributed by atoms with E-state index in [9.17, 15) is 4.79 Å². The van der Waals surface area contributed by atoms with Crippen LogP contribution in [0.25, 0.3) is 0 Å². The summed E-state index contributed by atoms with van der Waals surface area (Å²) in [6, 6.07) is 5.72. The lowest BCUT2D eigenvalue weighted by molar-refractivity contribution is -0.144. The van der Waals surface area contributed by atoms with Gasteiger partial charge in [0.25, 0.3) is 0 Å². The van der Waals surface area contributed by atoms with Crippen LogP contribution in [0, 0.1) is 5.92 Å². The maximum Gasteiger partial charge on any atom is 0.310 e. The number of nitrogens with one attached hydrogen (secondary N) is 1. The molecule has 26 heavy (non-hydrogen) atoms. The Labute approximate surface area is 173 Å². The molecule has 0 bridgehead atoms. The Morgan fingerprint density at radius 1 is 1.27 bits per heavy atom. The van der Waals surface area contributed by atoms with E-state index in [0.717, 1.165) is 29.6 Å². The number of hydrogen-bond acceptors (Lipinski definition) is 5. The number of hydrogen-bond donors (Lipinski definition) is 1. The van der Waals surface area contributed by atoms with Crippen LogP contribution in [0.4, 0.5) is 0 Å². The molecular formula is C18H30IN3O4. The van der Waals surface area contributed by atoms with Crippen molar-refractivity contribution in [3.05, 3.63) is 23.8 Å². The molecule has 0 saturated heterocycles. The Morgan fingerprint density at radius 2 is 1.96 bits per heavy atom. The summed E-state index contributed by atoms with van der Waals surface area (Å²) in [5.41, 5.74) is 1.01. The van der Waals surface area contributed by atoms with E-state index in [0.29, 0.717) is 13.1 Å². The molecule has 0 saturated carbocycles.